The van der Waals surface area contributed by atoms with Gasteiger partial charge in [0, 0.05) is 25.4 Å². The Hall–Kier alpha value is -0.900. The molecule has 4 nitrogen and oxygen atoms in total. The van der Waals surface area contributed by atoms with Crippen LogP contribution in [0.1, 0.15) is 46.5 Å². The van der Waals surface area contributed by atoms with Crippen LogP contribution in [0.25, 0.3) is 0 Å². The van der Waals surface area contributed by atoms with E-state index in [2.05, 4.69) is 4.90 Å². The van der Waals surface area contributed by atoms with Crippen molar-refractivity contribution in [2.24, 2.45) is 5.92 Å². The summed E-state index contributed by atoms with van der Waals surface area (Å²) >= 11 is 0. The first-order chi connectivity index (χ1) is 8.68. The van der Waals surface area contributed by atoms with Crippen molar-refractivity contribution >= 4 is 11.8 Å². The number of nitrogens with zero attached hydrogens (tertiary/aromatic N) is 2. The summed E-state index contributed by atoms with van der Waals surface area (Å²) in [5.41, 5.74) is 0. The smallest absolute Gasteiger partial charge is 0.232 e. The molecule has 0 aromatic rings. The normalized spacial score (nSPS) is 25.1. The standard InChI is InChI=1S/C12H20N2O2.C2H6/c1-10-9-11(15)14(12(10)16)8-7-13-5-3-2-4-6-13;1-2/h10H,2-9H2,1H3;1-2H3. The minimum absolute atomic E-state index is 0.00881. The van der Waals surface area contributed by atoms with E-state index in [1.807, 2.05) is 20.8 Å². The molecule has 2 aliphatic heterocycles. The fourth-order valence-electron chi connectivity index (χ4n) is 2.51. The highest BCUT2D eigenvalue weighted by Crippen LogP contribution is 2.18. The van der Waals surface area contributed by atoms with Crippen molar-refractivity contribution in [2.75, 3.05) is 26.2 Å². The van der Waals surface area contributed by atoms with Crippen molar-refractivity contribution in [3.8, 4) is 0 Å². The molecule has 0 N–H and O–H groups in total. The lowest BCUT2D eigenvalue weighted by atomic mass is 10.1. The largest absolute Gasteiger partial charge is 0.302 e. The monoisotopic (exact) mass is 254 g/mol. The summed E-state index contributed by atoms with van der Waals surface area (Å²) in [5, 5.41) is 0. The van der Waals surface area contributed by atoms with Crippen molar-refractivity contribution in [1.82, 2.24) is 9.80 Å². The van der Waals surface area contributed by atoms with Crippen LogP contribution in [0.4, 0.5) is 0 Å². The van der Waals surface area contributed by atoms with Crippen molar-refractivity contribution in [3.05, 3.63) is 0 Å². The molecule has 0 spiro atoms. The van der Waals surface area contributed by atoms with E-state index in [1.165, 1.54) is 24.2 Å². The molecular formula is C14H26N2O2. The second kappa shape index (κ2) is 7.52. The van der Waals surface area contributed by atoms with Crippen LogP contribution < -0.4 is 0 Å². The van der Waals surface area contributed by atoms with Gasteiger partial charge in [-0.1, -0.05) is 27.2 Å². The van der Waals surface area contributed by atoms with Gasteiger partial charge in [-0.3, -0.25) is 14.5 Å². The van der Waals surface area contributed by atoms with Gasteiger partial charge in [-0.2, -0.15) is 0 Å². The maximum absolute atomic E-state index is 11.7. The average molecular weight is 254 g/mol. The molecule has 2 fully saturated rings. The van der Waals surface area contributed by atoms with Gasteiger partial charge in [-0.25, -0.2) is 0 Å². The topological polar surface area (TPSA) is 40.6 Å². The number of carbonyl (C=O) groups excluding carboxylic acids is 2. The first-order valence-corrected chi connectivity index (χ1v) is 7.25. The molecule has 0 aliphatic carbocycles. The molecule has 1 unspecified atom stereocenters. The number of imide groups is 1. The molecule has 2 aliphatic rings. The van der Waals surface area contributed by atoms with Crippen LogP contribution in [0.3, 0.4) is 0 Å². The number of carbonyl (C=O) groups is 2. The molecule has 0 saturated carbocycles. The fourth-order valence-corrected chi connectivity index (χ4v) is 2.51. The molecule has 2 heterocycles. The number of hydrogen-bond acceptors (Lipinski definition) is 3. The van der Waals surface area contributed by atoms with Crippen LogP contribution in [0.2, 0.25) is 0 Å². The third-order valence-electron chi connectivity index (χ3n) is 3.56. The number of piperidine rings is 1. The highest BCUT2D eigenvalue weighted by Gasteiger charge is 2.35. The number of hydrogen-bond donors (Lipinski definition) is 0. The van der Waals surface area contributed by atoms with Gasteiger partial charge >= 0.3 is 0 Å². The van der Waals surface area contributed by atoms with Crippen LogP contribution in [-0.2, 0) is 9.59 Å². The van der Waals surface area contributed by atoms with Gasteiger partial charge in [0.1, 0.15) is 0 Å². The van der Waals surface area contributed by atoms with Crippen molar-refractivity contribution in [3.63, 3.8) is 0 Å². The summed E-state index contributed by atoms with van der Waals surface area (Å²) in [6.07, 6.45) is 4.21. The van der Waals surface area contributed by atoms with E-state index in [1.54, 1.807) is 0 Å². The van der Waals surface area contributed by atoms with Crippen LogP contribution in [-0.4, -0.2) is 47.8 Å². The molecule has 2 saturated heterocycles. The van der Waals surface area contributed by atoms with Crippen LogP contribution >= 0.6 is 0 Å². The highest BCUT2D eigenvalue weighted by molar-refractivity contribution is 6.03. The maximum Gasteiger partial charge on any atom is 0.232 e. The third kappa shape index (κ3) is 3.80. The zero-order chi connectivity index (χ0) is 13.5. The molecular weight excluding hydrogens is 228 g/mol. The van der Waals surface area contributed by atoms with Gasteiger partial charge in [0.15, 0.2) is 0 Å². The van der Waals surface area contributed by atoms with Gasteiger partial charge in [-0.15, -0.1) is 0 Å². The molecule has 0 radical (unpaired) electrons. The molecule has 0 bridgehead atoms. The first-order valence-electron chi connectivity index (χ1n) is 7.25. The predicted molar refractivity (Wildman–Crippen MR) is 72.1 cm³/mol. The summed E-state index contributed by atoms with van der Waals surface area (Å²) in [7, 11) is 0. The maximum atomic E-state index is 11.7. The summed E-state index contributed by atoms with van der Waals surface area (Å²) in [6.45, 7) is 9.50. The quantitative estimate of drug-likeness (QED) is 0.722. The molecule has 18 heavy (non-hydrogen) atoms. The van der Waals surface area contributed by atoms with E-state index in [9.17, 15) is 9.59 Å². The Morgan fingerprint density at radius 1 is 1.06 bits per heavy atom. The highest BCUT2D eigenvalue weighted by atomic mass is 16.2. The Kier molecular flexibility index (Phi) is 6.33. The predicted octanol–water partition coefficient (Wildman–Crippen LogP) is 1.89. The Bertz CT molecular complexity index is 286. The van der Waals surface area contributed by atoms with Crippen LogP contribution in [0.5, 0.6) is 0 Å². The Morgan fingerprint density at radius 3 is 2.17 bits per heavy atom. The van der Waals surface area contributed by atoms with E-state index < -0.39 is 0 Å². The zero-order valence-electron chi connectivity index (χ0n) is 11.9. The van der Waals surface area contributed by atoms with Crippen LogP contribution in [0.15, 0.2) is 0 Å². The SMILES string of the molecule is CC.CC1CC(=O)N(CCN2CCCCC2)C1=O. The van der Waals surface area contributed by atoms with Gasteiger partial charge in [-0.05, 0) is 25.9 Å². The molecule has 2 rings (SSSR count). The first kappa shape index (κ1) is 15.2. The minimum atomic E-state index is -0.103. The number of likely N-dealkylation sites (tertiary alicyclic amines) is 2. The Morgan fingerprint density at radius 2 is 1.67 bits per heavy atom. The molecule has 4 heteroatoms. The summed E-state index contributed by atoms with van der Waals surface area (Å²) in [4.78, 5) is 27.0. The lowest BCUT2D eigenvalue weighted by Crippen LogP contribution is -2.40. The van der Waals surface area contributed by atoms with E-state index in [0.717, 1.165) is 19.6 Å². The zero-order valence-corrected chi connectivity index (χ0v) is 11.9. The lowest BCUT2D eigenvalue weighted by Gasteiger charge is -2.27. The summed E-state index contributed by atoms with van der Waals surface area (Å²) < 4.78 is 0. The van der Waals surface area contributed by atoms with Crippen LogP contribution in [0, 0.1) is 5.92 Å². The van der Waals surface area contributed by atoms with E-state index >= 15 is 0 Å². The second-order valence-corrected chi connectivity index (χ2v) is 4.89. The molecule has 2 amide bonds. The van der Waals surface area contributed by atoms with E-state index in [0.29, 0.717) is 13.0 Å². The summed E-state index contributed by atoms with van der Waals surface area (Å²) in [6, 6.07) is 0. The van der Waals surface area contributed by atoms with Crippen molar-refractivity contribution < 1.29 is 9.59 Å². The Labute approximate surface area is 110 Å². The second-order valence-electron chi connectivity index (χ2n) is 4.89. The molecule has 0 aromatic heterocycles. The summed E-state index contributed by atoms with van der Waals surface area (Å²) in [5.74, 6) is -0.0784. The van der Waals surface area contributed by atoms with Crippen molar-refractivity contribution in [1.29, 1.82) is 0 Å². The number of rotatable bonds is 3. The average Bonchev–Trinajstić information content (AvgIpc) is 2.65. The van der Waals surface area contributed by atoms with Gasteiger partial charge in [0.2, 0.25) is 11.8 Å². The van der Waals surface area contributed by atoms with E-state index in [4.69, 9.17) is 0 Å². The van der Waals surface area contributed by atoms with Gasteiger partial charge in [0.25, 0.3) is 0 Å². The fraction of sp³-hybridized carbons (Fsp3) is 0.857. The Balaban J connectivity index is 0.000000771. The van der Waals surface area contributed by atoms with Gasteiger partial charge in [0.05, 0.1) is 0 Å². The number of amides is 2. The molecule has 0 aromatic carbocycles. The third-order valence-corrected chi connectivity index (χ3v) is 3.56. The minimum Gasteiger partial charge on any atom is -0.302 e. The van der Waals surface area contributed by atoms with Gasteiger partial charge < -0.3 is 4.90 Å². The molecule has 1 atom stereocenters. The lowest BCUT2D eigenvalue weighted by molar-refractivity contribution is -0.139. The van der Waals surface area contributed by atoms with Crippen molar-refractivity contribution in [2.45, 2.75) is 46.5 Å². The van der Waals surface area contributed by atoms with E-state index in [-0.39, 0.29) is 17.7 Å². The molecule has 104 valence electrons.